The number of ether oxygens (including phenoxy) is 11. The van der Waals surface area contributed by atoms with Crippen LogP contribution in [0, 0.1) is 18.8 Å². The van der Waals surface area contributed by atoms with E-state index in [0.29, 0.717) is 97.4 Å². The molecule has 10 amide bonds. The smallest absolute Gasteiger partial charge is 0.415 e. The van der Waals surface area contributed by atoms with Gasteiger partial charge in [0, 0.05) is 111 Å². The predicted molar refractivity (Wildman–Crippen MR) is 408 cm³/mol. The van der Waals surface area contributed by atoms with Crippen LogP contribution in [0.15, 0.2) is 103 Å². The number of aromatic nitrogens is 2. The van der Waals surface area contributed by atoms with Crippen LogP contribution < -0.4 is 41.4 Å². The van der Waals surface area contributed by atoms with E-state index in [1.165, 1.54) is 23.0 Å². The number of Topliss-reactive ketones (excluding diaryl/α,β-unsaturated/α-hetero) is 1. The number of alkyl halides is 1. The van der Waals surface area contributed by atoms with E-state index in [1.54, 1.807) is 92.6 Å². The molecule has 0 fully saturated rings. The Morgan fingerprint density at radius 1 is 0.748 bits per heavy atom. The largest absolute Gasteiger partial charge is 0.491 e. The van der Waals surface area contributed by atoms with Crippen LogP contribution in [0.1, 0.15) is 76.6 Å². The number of amides is 10. The van der Waals surface area contributed by atoms with Gasteiger partial charge >= 0.3 is 24.3 Å². The number of fused-ring (bicyclic) bond motifs is 4. The Hall–Kier alpha value is -10.4. The molecule has 8 N–H and O–H groups in total. The minimum absolute atomic E-state index is 0.00245. The summed E-state index contributed by atoms with van der Waals surface area (Å²) in [6.45, 7) is 8.91. The standard InChI is InChI=1S/C77H98ClN11O22/c1-50(2)70(85-75(98)109-41-39-103-28-25-88-66(92)19-20-67(88)93)63(91)43-54(9-7-21-80-74(79)97)72(95)82-57-15-11-52(12-16-57)49-110-76(99)86(4)22-23-87(24-27-102-32-33-104-29-26-90)77(100)111-64-45-62-69(68-51(3)8-6-10-59(64)68)56(46-78)48-89(62)73(96)60-42-55-44-65(81-47-61(55)83-60)84-71(94)53-13-17-58(18-14-53)108-40-38-107-37-36-106-35-34-105-31-30-101-5/h6,8,10-20,42,44-45,47,50,54,56,70,83,90H,7,9,21-41,43,46,48-49H2,1-5H3,(H,82,95)(H,85,98)(H3,79,80,97)(H,81,84,94)/t54-,56-,70+/m1/s1. The van der Waals surface area contributed by atoms with Crippen molar-refractivity contribution < 1.29 is 105 Å². The topological polar surface area (TPSA) is 408 Å². The lowest BCUT2D eigenvalue weighted by Crippen LogP contribution is -2.46. The quantitative estimate of drug-likeness (QED) is 0.0114. The van der Waals surface area contributed by atoms with Crippen molar-refractivity contribution in [2.24, 2.45) is 17.6 Å². The summed E-state index contributed by atoms with van der Waals surface area (Å²) in [5.74, 6) is -3.26. The Labute approximate surface area is 647 Å². The zero-order valence-electron chi connectivity index (χ0n) is 62.9. The highest BCUT2D eigenvalue weighted by atomic mass is 35.5. The molecule has 111 heavy (non-hydrogen) atoms. The molecule has 0 aliphatic carbocycles. The van der Waals surface area contributed by atoms with Gasteiger partial charge in [-0.05, 0) is 96.3 Å². The maximum Gasteiger partial charge on any atom is 0.415 e. The number of hydrogen-bond acceptors (Lipinski definition) is 23. The predicted octanol–water partition coefficient (Wildman–Crippen LogP) is 7.08. The third kappa shape index (κ3) is 26.7. The highest BCUT2D eigenvalue weighted by Gasteiger charge is 2.37. The van der Waals surface area contributed by atoms with Gasteiger partial charge in [-0.2, -0.15) is 0 Å². The van der Waals surface area contributed by atoms with Crippen molar-refractivity contribution in [1.82, 2.24) is 35.3 Å². The van der Waals surface area contributed by atoms with E-state index >= 15 is 0 Å². The van der Waals surface area contributed by atoms with Crippen molar-refractivity contribution in [1.29, 1.82) is 0 Å². The average molecular weight is 1570 g/mol. The van der Waals surface area contributed by atoms with E-state index in [2.05, 4.69) is 31.2 Å². The van der Waals surface area contributed by atoms with Crippen LogP contribution in [-0.4, -0.2) is 260 Å². The molecule has 0 bridgehead atoms. The van der Waals surface area contributed by atoms with Gasteiger partial charge in [0.25, 0.3) is 23.6 Å². The second kappa shape index (κ2) is 45.1. The number of nitrogens with zero attached hydrogens (tertiary/aromatic N) is 5. The SMILES string of the molecule is COCCOCCOCCOCCOc1ccc(C(=O)Nc2cc3cc(C(=O)N4C[C@@H](CCl)c5c4cc(OC(=O)N(CCOCCOCCO)CCN(C)C(=O)OCc4ccc(NC(=O)[C@H](CCCNC(N)=O)CC(=O)[C@@H](NC(=O)OCCOCCN6C(=O)C=CC6=O)C(C)C)cc4)c4cccc(C)c54)[nH]c3cn2)cc1. The van der Waals surface area contributed by atoms with Gasteiger partial charge in [0.2, 0.25) is 5.91 Å². The van der Waals surface area contributed by atoms with Crippen LogP contribution in [0.25, 0.3) is 21.7 Å². The molecule has 34 heteroatoms. The molecule has 8 rings (SSSR count). The molecule has 0 saturated heterocycles. The van der Waals surface area contributed by atoms with Crippen LogP contribution in [-0.2, 0) is 68.4 Å². The number of aliphatic hydroxyl groups excluding tert-OH is 1. The zero-order chi connectivity index (χ0) is 79.6. The number of halogens is 1. The summed E-state index contributed by atoms with van der Waals surface area (Å²) in [5, 5.41) is 21.8. The van der Waals surface area contributed by atoms with Crippen molar-refractivity contribution in [3.63, 3.8) is 0 Å². The number of aromatic amines is 1. The second-order valence-corrected chi connectivity index (χ2v) is 26.4. The van der Waals surface area contributed by atoms with Crippen molar-refractivity contribution in [2.45, 2.75) is 58.6 Å². The lowest BCUT2D eigenvalue weighted by molar-refractivity contribution is -0.137. The second-order valence-electron chi connectivity index (χ2n) is 26.1. The van der Waals surface area contributed by atoms with E-state index in [1.807, 2.05) is 25.1 Å². The molecule has 2 aliphatic rings. The molecule has 6 aromatic rings. The minimum atomic E-state index is -1.05. The van der Waals surface area contributed by atoms with Crippen LogP contribution in [0.4, 0.5) is 36.4 Å². The number of anilines is 3. The van der Waals surface area contributed by atoms with Gasteiger partial charge in [-0.25, -0.2) is 24.2 Å². The summed E-state index contributed by atoms with van der Waals surface area (Å²) in [7, 11) is 3.11. The number of H-pyrrole nitrogens is 1. The first-order valence-electron chi connectivity index (χ1n) is 36.5. The Kier molecular flexibility index (Phi) is 35.0. The summed E-state index contributed by atoms with van der Waals surface area (Å²) >= 11 is 6.73. The first kappa shape index (κ1) is 86.2. The minimum Gasteiger partial charge on any atom is -0.491 e. The normalized spacial score (nSPS) is 13.6. The Bertz CT molecular complexity index is 4130. The van der Waals surface area contributed by atoms with Crippen LogP contribution in [0.5, 0.6) is 11.5 Å². The fourth-order valence-corrected chi connectivity index (χ4v) is 12.2. The maximum atomic E-state index is 14.9. The van der Waals surface area contributed by atoms with Crippen molar-refractivity contribution in [3.05, 3.63) is 131 Å². The van der Waals surface area contributed by atoms with Crippen LogP contribution >= 0.6 is 11.6 Å². The summed E-state index contributed by atoms with van der Waals surface area (Å²) in [4.78, 5) is 145. The highest BCUT2D eigenvalue weighted by molar-refractivity contribution is 6.20. The molecule has 33 nitrogen and oxygen atoms in total. The number of carbonyl (C=O) groups is 10. The highest BCUT2D eigenvalue weighted by Crippen LogP contribution is 2.47. The number of aryl methyl sites for hydroxylation is 1. The fourth-order valence-electron chi connectivity index (χ4n) is 11.9. The Morgan fingerprint density at radius 3 is 2.09 bits per heavy atom. The van der Waals surface area contributed by atoms with Crippen LogP contribution in [0.3, 0.4) is 0 Å². The third-order valence-electron chi connectivity index (χ3n) is 17.8. The van der Waals surface area contributed by atoms with Gasteiger partial charge in [0.15, 0.2) is 5.78 Å². The molecule has 2 aromatic heterocycles. The summed E-state index contributed by atoms with van der Waals surface area (Å²) in [6, 6.07) is 21.8. The van der Waals surface area contributed by atoms with Gasteiger partial charge in [-0.1, -0.05) is 44.2 Å². The number of likely N-dealkylation sites (N-methyl/N-ethyl adjacent to an activating group) is 1. The van der Waals surface area contributed by atoms with E-state index in [0.717, 1.165) is 33.6 Å². The molecule has 4 heterocycles. The van der Waals surface area contributed by atoms with E-state index in [4.69, 9.17) is 69.4 Å². The first-order valence-corrected chi connectivity index (χ1v) is 37.0. The number of ketones is 1. The number of nitrogens with two attached hydrogens (primary N) is 1. The summed E-state index contributed by atoms with van der Waals surface area (Å²) in [6.07, 6.45) is 1.55. The maximum absolute atomic E-state index is 14.9. The molecule has 4 aromatic carbocycles. The molecule has 0 unspecified atom stereocenters. The van der Waals surface area contributed by atoms with Gasteiger partial charge in [0.1, 0.15) is 42.8 Å². The molecule has 0 radical (unpaired) electrons. The number of nitrogens with one attached hydrogen (secondary N) is 5. The fraction of sp³-hybridized carbons (Fsp3) is 0.468. The monoisotopic (exact) mass is 1560 g/mol. The van der Waals surface area contributed by atoms with E-state index in [-0.39, 0.29) is 147 Å². The Morgan fingerprint density at radius 2 is 1.41 bits per heavy atom. The number of primary amides is 1. The number of carbonyl (C=O) groups excluding carboxylic acids is 10. The van der Waals surface area contributed by atoms with Gasteiger partial charge in [0.05, 0.1) is 122 Å². The van der Waals surface area contributed by atoms with Crippen molar-refractivity contribution >= 4 is 110 Å². The molecule has 0 saturated carbocycles. The number of hydrogen-bond donors (Lipinski definition) is 7. The number of alkyl carbamates (subject to hydrolysis) is 1. The number of pyridine rings is 1. The zero-order valence-corrected chi connectivity index (χ0v) is 63.7. The number of urea groups is 1. The first-order chi connectivity index (χ1) is 53.7. The van der Waals surface area contributed by atoms with E-state index < -0.39 is 77.5 Å². The molecule has 2 aliphatic heterocycles. The number of imide groups is 1. The van der Waals surface area contributed by atoms with Gasteiger partial charge in [-0.15, -0.1) is 11.6 Å². The molecule has 600 valence electrons. The third-order valence-corrected chi connectivity index (χ3v) is 18.1. The van der Waals surface area contributed by atoms with Crippen molar-refractivity contribution in [2.75, 3.05) is 181 Å². The number of methoxy groups -OCH3 is 1. The molecule has 0 spiro atoms. The number of benzene rings is 4. The van der Waals surface area contributed by atoms with E-state index in [9.17, 15) is 53.1 Å². The molecular weight excluding hydrogens is 1470 g/mol. The van der Waals surface area contributed by atoms with Gasteiger partial charge < -0.3 is 104 Å². The molecule has 3 atom stereocenters. The lowest BCUT2D eigenvalue weighted by Gasteiger charge is -2.26. The van der Waals surface area contributed by atoms with Crippen LogP contribution in [0.2, 0.25) is 0 Å². The lowest BCUT2D eigenvalue weighted by atomic mass is 9.89. The van der Waals surface area contributed by atoms with Gasteiger partial charge in [-0.3, -0.25) is 33.7 Å². The van der Waals surface area contributed by atoms with Crippen molar-refractivity contribution in [3.8, 4) is 11.5 Å². The number of rotatable bonds is 48. The summed E-state index contributed by atoms with van der Waals surface area (Å²) in [5.41, 5.74) is 9.38. The summed E-state index contributed by atoms with van der Waals surface area (Å²) < 4.78 is 60.9. The average Bonchev–Trinajstić information content (AvgIpc) is 1.61. The Balaban J connectivity index is 0.859. The number of aliphatic hydroxyl groups is 1. The molecular formula is C77H98ClN11O22.